The molecule has 0 amide bonds. The van der Waals surface area contributed by atoms with Crippen LogP contribution in [-0.4, -0.2) is 37.6 Å². The topological polar surface area (TPSA) is 15.3 Å². The van der Waals surface area contributed by atoms with E-state index in [1.807, 2.05) is 0 Å². The third kappa shape index (κ3) is 3.08. The van der Waals surface area contributed by atoms with E-state index in [0.29, 0.717) is 11.5 Å². The molecule has 4 atom stereocenters. The third-order valence-electron chi connectivity index (χ3n) is 5.22. The molecule has 0 aromatic carbocycles. The van der Waals surface area contributed by atoms with Gasteiger partial charge in [-0.05, 0) is 49.5 Å². The predicted molar refractivity (Wildman–Crippen MR) is 78.7 cm³/mol. The first-order chi connectivity index (χ1) is 8.42. The number of hydrogen-bond acceptors (Lipinski definition) is 2. The Balaban J connectivity index is 1.93. The number of nitrogens with one attached hydrogen (secondary N) is 1. The highest BCUT2D eigenvalue weighted by Crippen LogP contribution is 2.41. The van der Waals surface area contributed by atoms with Crippen LogP contribution in [-0.2, 0) is 0 Å². The van der Waals surface area contributed by atoms with Gasteiger partial charge in [-0.2, -0.15) is 0 Å². The molecule has 106 valence electrons. The van der Waals surface area contributed by atoms with Crippen molar-refractivity contribution in [1.29, 1.82) is 0 Å². The Bertz CT molecular complexity index is 264. The van der Waals surface area contributed by atoms with E-state index in [-0.39, 0.29) is 0 Å². The second-order valence-corrected chi connectivity index (χ2v) is 7.72. The minimum absolute atomic E-state index is 0.479. The second-order valence-electron chi connectivity index (χ2n) is 7.72. The Morgan fingerprint density at radius 1 is 1.17 bits per heavy atom. The Labute approximate surface area is 114 Å². The standard InChI is InChI=1S/C16H32N2/c1-12-8-13(2)10-18(9-12)11-14-6-7-16(3,4)15(14)17-5/h12-15,17H,6-11H2,1-5H3. The predicted octanol–water partition coefficient (Wildman–Crippen LogP) is 2.99. The van der Waals surface area contributed by atoms with E-state index in [1.165, 1.54) is 38.9 Å². The van der Waals surface area contributed by atoms with Crippen LogP contribution in [0.5, 0.6) is 0 Å². The maximum Gasteiger partial charge on any atom is 0.0156 e. The van der Waals surface area contributed by atoms with Crippen molar-refractivity contribution >= 4 is 0 Å². The van der Waals surface area contributed by atoms with E-state index in [9.17, 15) is 0 Å². The normalized spacial score (nSPS) is 41.2. The SMILES string of the molecule is CNC1C(CN2CC(C)CC(C)C2)CCC1(C)C. The summed E-state index contributed by atoms with van der Waals surface area (Å²) in [5.74, 6) is 2.62. The molecule has 18 heavy (non-hydrogen) atoms. The molecule has 0 bridgehead atoms. The molecule has 4 unspecified atom stereocenters. The van der Waals surface area contributed by atoms with E-state index in [0.717, 1.165) is 17.8 Å². The molecule has 1 aliphatic heterocycles. The average molecular weight is 252 g/mol. The van der Waals surface area contributed by atoms with Gasteiger partial charge in [0, 0.05) is 25.7 Å². The molecule has 1 saturated heterocycles. The number of rotatable bonds is 3. The molecule has 1 saturated carbocycles. The fraction of sp³-hybridized carbons (Fsp3) is 1.00. The maximum atomic E-state index is 3.59. The van der Waals surface area contributed by atoms with E-state index in [1.54, 1.807) is 0 Å². The summed E-state index contributed by atoms with van der Waals surface area (Å²) < 4.78 is 0. The van der Waals surface area contributed by atoms with Gasteiger partial charge in [-0.1, -0.05) is 27.7 Å². The lowest BCUT2D eigenvalue weighted by Crippen LogP contribution is -2.47. The van der Waals surface area contributed by atoms with Crippen molar-refractivity contribution < 1.29 is 0 Å². The molecule has 1 N–H and O–H groups in total. The minimum Gasteiger partial charge on any atom is -0.316 e. The minimum atomic E-state index is 0.479. The van der Waals surface area contributed by atoms with Crippen LogP contribution < -0.4 is 5.32 Å². The van der Waals surface area contributed by atoms with Crippen LogP contribution in [0, 0.1) is 23.2 Å². The summed E-state index contributed by atoms with van der Waals surface area (Å²) in [4.78, 5) is 2.73. The first kappa shape index (κ1) is 14.3. The molecule has 0 spiro atoms. The quantitative estimate of drug-likeness (QED) is 0.831. The van der Waals surface area contributed by atoms with Gasteiger partial charge in [0.25, 0.3) is 0 Å². The highest BCUT2D eigenvalue weighted by Gasteiger charge is 2.41. The zero-order chi connectivity index (χ0) is 13.3. The van der Waals surface area contributed by atoms with Crippen LogP contribution in [0.4, 0.5) is 0 Å². The van der Waals surface area contributed by atoms with Gasteiger partial charge >= 0.3 is 0 Å². The number of likely N-dealkylation sites (tertiary alicyclic amines) is 1. The smallest absolute Gasteiger partial charge is 0.0156 e. The summed E-state index contributed by atoms with van der Waals surface area (Å²) >= 11 is 0. The van der Waals surface area contributed by atoms with Gasteiger partial charge in [-0.15, -0.1) is 0 Å². The Morgan fingerprint density at radius 3 is 2.33 bits per heavy atom. The second kappa shape index (κ2) is 5.50. The van der Waals surface area contributed by atoms with Gasteiger partial charge in [0.2, 0.25) is 0 Å². The van der Waals surface area contributed by atoms with E-state index in [4.69, 9.17) is 0 Å². The van der Waals surface area contributed by atoms with Crippen molar-refractivity contribution in [1.82, 2.24) is 10.2 Å². The van der Waals surface area contributed by atoms with E-state index >= 15 is 0 Å². The molecular weight excluding hydrogens is 220 g/mol. The van der Waals surface area contributed by atoms with Gasteiger partial charge in [0.15, 0.2) is 0 Å². The highest BCUT2D eigenvalue weighted by molar-refractivity contribution is 4.97. The third-order valence-corrected chi connectivity index (χ3v) is 5.22. The molecule has 2 rings (SSSR count). The van der Waals surface area contributed by atoms with Crippen molar-refractivity contribution in [2.75, 3.05) is 26.7 Å². The molecule has 1 aliphatic carbocycles. The summed E-state index contributed by atoms with van der Waals surface area (Å²) in [6.07, 6.45) is 4.20. The van der Waals surface area contributed by atoms with Crippen LogP contribution in [0.3, 0.4) is 0 Å². The van der Waals surface area contributed by atoms with Crippen molar-refractivity contribution in [3.63, 3.8) is 0 Å². The van der Waals surface area contributed by atoms with Gasteiger partial charge in [-0.3, -0.25) is 0 Å². The van der Waals surface area contributed by atoms with E-state index < -0.39 is 0 Å². The molecule has 2 aliphatic rings. The Morgan fingerprint density at radius 2 is 1.78 bits per heavy atom. The summed E-state index contributed by atoms with van der Waals surface area (Å²) in [5, 5.41) is 3.59. The lowest BCUT2D eigenvalue weighted by atomic mass is 9.84. The number of nitrogens with zero attached hydrogens (tertiary/aromatic N) is 1. The first-order valence-electron chi connectivity index (χ1n) is 7.82. The first-order valence-corrected chi connectivity index (χ1v) is 7.82. The zero-order valence-corrected chi connectivity index (χ0v) is 13.0. The van der Waals surface area contributed by atoms with Crippen LogP contribution in [0.1, 0.15) is 47.0 Å². The summed E-state index contributed by atoms with van der Waals surface area (Å²) in [5.41, 5.74) is 0.479. The van der Waals surface area contributed by atoms with Gasteiger partial charge in [0.05, 0.1) is 0 Å². The summed E-state index contributed by atoms with van der Waals surface area (Å²) in [7, 11) is 2.15. The van der Waals surface area contributed by atoms with Crippen LogP contribution in [0.15, 0.2) is 0 Å². The number of piperidine rings is 1. The molecular formula is C16H32N2. The summed E-state index contributed by atoms with van der Waals surface area (Å²) in [6.45, 7) is 13.6. The highest BCUT2D eigenvalue weighted by atomic mass is 15.1. The van der Waals surface area contributed by atoms with Crippen LogP contribution >= 0.6 is 0 Å². The maximum absolute atomic E-state index is 3.59. The van der Waals surface area contributed by atoms with Crippen molar-refractivity contribution in [3.05, 3.63) is 0 Å². The lowest BCUT2D eigenvalue weighted by Gasteiger charge is -2.38. The molecule has 0 radical (unpaired) electrons. The Kier molecular flexibility index (Phi) is 4.38. The van der Waals surface area contributed by atoms with Crippen LogP contribution in [0.25, 0.3) is 0 Å². The zero-order valence-electron chi connectivity index (χ0n) is 13.0. The molecule has 0 aromatic rings. The monoisotopic (exact) mass is 252 g/mol. The fourth-order valence-electron chi connectivity index (χ4n) is 4.61. The van der Waals surface area contributed by atoms with Crippen molar-refractivity contribution in [2.24, 2.45) is 23.2 Å². The lowest BCUT2D eigenvalue weighted by molar-refractivity contribution is 0.110. The molecule has 2 heteroatoms. The van der Waals surface area contributed by atoms with Gasteiger partial charge in [-0.25, -0.2) is 0 Å². The largest absolute Gasteiger partial charge is 0.316 e. The molecule has 1 heterocycles. The van der Waals surface area contributed by atoms with Gasteiger partial charge < -0.3 is 10.2 Å². The average Bonchev–Trinajstić information content (AvgIpc) is 2.52. The molecule has 2 nitrogen and oxygen atoms in total. The molecule has 2 fully saturated rings. The van der Waals surface area contributed by atoms with Crippen LogP contribution in [0.2, 0.25) is 0 Å². The van der Waals surface area contributed by atoms with Crippen molar-refractivity contribution in [2.45, 2.75) is 53.0 Å². The fourth-order valence-corrected chi connectivity index (χ4v) is 4.61. The Hall–Kier alpha value is -0.0800. The van der Waals surface area contributed by atoms with Crippen molar-refractivity contribution in [3.8, 4) is 0 Å². The van der Waals surface area contributed by atoms with Gasteiger partial charge in [0.1, 0.15) is 0 Å². The number of hydrogen-bond donors (Lipinski definition) is 1. The molecule has 0 aromatic heterocycles. The van der Waals surface area contributed by atoms with E-state index in [2.05, 4.69) is 45.0 Å². The summed E-state index contributed by atoms with van der Waals surface area (Å²) in [6, 6.07) is 0.699.